The molecule has 70 valence electrons. The molecule has 0 spiro atoms. The zero-order valence-electron chi connectivity index (χ0n) is 7.08. The number of aromatic nitrogens is 1. The Hall–Kier alpha value is -1.29. The van der Waals surface area contributed by atoms with Crippen molar-refractivity contribution in [3.63, 3.8) is 0 Å². The maximum atomic E-state index is 10.9. The van der Waals surface area contributed by atoms with Gasteiger partial charge in [-0.05, 0) is 19.1 Å². The van der Waals surface area contributed by atoms with Gasteiger partial charge in [0.05, 0.1) is 12.3 Å². The molecule has 0 unspecified atom stereocenters. The quantitative estimate of drug-likeness (QED) is 0.746. The predicted octanol–water partition coefficient (Wildman–Crippen LogP) is 2.30. The number of amides is 1. The van der Waals surface area contributed by atoms with Crippen LogP contribution in [0.2, 0.25) is 5.15 Å². The van der Waals surface area contributed by atoms with Crippen LogP contribution in [0, 0.1) is 0 Å². The number of hydrogen-bond donors (Lipinski definition) is 1. The number of rotatable bonds is 2. The van der Waals surface area contributed by atoms with Gasteiger partial charge in [0, 0.05) is 6.20 Å². The highest BCUT2D eigenvalue weighted by atomic mass is 35.5. The first kappa shape index (κ1) is 9.80. The molecule has 1 heterocycles. The van der Waals surface area contributed by atoms with Gasteiger partial charge in [-0.2, -0.15) is 0 Å². The van der Waals surface area contributed by atoms with Gasteiger partial charge < -0.3 is 4.74 Å². The molecule has 1 amide bonds. The van der Waals surface area contributed by atoms with Crippen LogP contribution in [-0.4, -0.2) is 17.7 Å². The molecule has 0 aromatic carbocycles. The molecule has 0 aliphatic rings. The fourth-order valence-electron chi connectivity index (χ4n) is 0.756. The van der Waals surface area contributed by atoms with Crippen LogP contribution < -0.4 is 5.32 Å². The number of pyridine rings is 1. The molecule has 0 saturated carbocycles. The summed E-state index contributed by atoms with van der Waals surface area (Å²) in [5.41, 5.74) is 0.447. The van der Waals surface area contributed by atoms with E-state index in [0.29, 0.717) is 12.3 Å². The molecule has 4 nitrogen and oxygen atoms in total. The molecule has 0 aliphatic carbocycles. The van der Waals surface area contributed by atoms with E-state index in [1.165, 1.54) is 0 Å². The van der Waals surface area contributed by atoms with E-state index in [1.54, 1.807) is 25.3 Å². The van der Waals surface area contributed by atoms with Crippen molar-refractivity contribution >= 4 is 23.4 Å². The van der Waals surface area contributed by atoms with Crippen LogP contribution in [-0.2, 0) is 4.74 Å². The monoisotopic (exact) mass is 200 g/mol. The van der Waals surface area contributed by atoms with Crippen LogP contribution in [0.1, 0.15) is 6.92 Å². The van der Waals surface area contributed by atoms with Crippen molar-refractivity contribution in [3.05, 3.63) is 23.5 Å². The Bertz CT molecular complexity index is 304. The van der Waals surface area contributed by atoms with Crippen molar-refractivity contribution in [3.8, 4) is 0 Å². The fraction of sp³-hybridized carbons (Fsp3) is 0.250. The van der Waals surface area contributed by atoms with Gasteiger partial charge in [0.2, 0.25) is 0 Å². The van der Waals surface area contributed by atoms with Gasteiger partial charge in [-0.1, -0.05) is 11.6 Å². The molecule has 1 aromatic heterocycles. The first-order valence-corrected chi connectivity index (χ1v) is 4.16. The van der Waals surface area contributed by atoms with Crippen molar-refractivity contribution in [1.29, 1.82) is 0 Å². The second kappa shape index (κ2) is 4.67. The van der Waals surface area contributed by atoms with Crippen molar-refractivity contribution in [2.45, 2.75) is 6.92 Å². The van der Waals surface area contributed by atoms with Crippen LogP contribution in [0.15, 0.2) is 18.3 Å². The molecular weight excluding hydrogens is 192 g/mol. The molecule has 0 aliphatic heterocycles. The summed E-state index contributed by atoms with van der Waals surface area (Å²) in [6.45, 7) is 2.05. The average Bonchev–Trinajstić information content (AvgIpc) is 2.09. The number of anilines is 1. The summed E-state index contributed by atoms with van der Waals surface area (Å²) in [7, 11) is 0. The number of carbonyl (C=O) groups is 1. The van der Waals surface area contributed by atoms with E-state index >= 15 is 0 Å². The summed E-state index contributed by atoms with van der Waals surface area (Å²) < 4.78 is 4.66. The van der Waals surface area contributed by atoms with Gasteiger partial charge in [-0.3, -0.25) is 5.32 Å². The lowest BCUT2D eigenvalue weighted by molar-refractivity contribution is 0.168. The Labute approximate surface area is 80.9 Å². The Morgan fingerprint density at radius 3 is 3.15 bits per heavy atom. The molecule has 5 heteroatoms. The van der Waals surface area contributed by atoms with Crippen molar-refractivity contribution in [2.75, 3.05) is 11.9 Å². The van der Waals surface area contributed by atoms with Crippen LogP contribution >= 0.6 is 11.6 Å². The molecule has 0 fully saturated rings. The molecule has 0 saturated heterocycles. The van der Waals surface area contributed by atoms with Crippen molar-refractivity contribution in [2.24, 2.45) is 0 Å². The SMILES string of the molecule is CCOC(=O)Nc1cccnc1Cl. The predicted molar refractivity (Wildman–Crippen MR) is 49.9 cm³/mol. The van der Waals surface area contributed by atoms with Crippen molar-refractivity contribution < 1.29 is 9.53 Å². The maximum Gasteiger partial charge on any atom is 0.411 e. The lowest BCUT2D eigenvalue weighted by atomic mass is 10.4. The Morgan fingerprint density at radius 2 is 2.54 bits per heavy atom. The van der Waals surface area contributed by atoms with E-state index in [-0.39, 0.29) is 5.15 Å². The molecule has 0 bridgehead atoms. The molecule has 1 N–H and O–H groups in total. The number of nitrogens with one attached hydrogen (secondary N) is 1. The summed E-state index contributed by atoms with van der Waals surface area (Å²) in [4.78, 5) is 14.7. The molecule has 1 aromatic rings. The topological polar surface area (TPSA) is 51.2 Å². The van der Waals surface area contributed by atoms with Gasteiger partial charge in [-0.25, -0.2) is 9.78 Å². The van der Waals surface area contributed by atoms with E-state index in [4.69, 9.17) is 11.6 Å². The lowest BCUT2D eigenvalue weighted by Gasteiger charge is -2.05. The highest BCUT2D eigenvalue weighted by molar-refractivity contribution is 6.32. The molecular formula is C8H9ClN2O2. The zero-order chi connectivity index (χ0) is 9.68. The summed E-state index contributed by atoms with van der Waals surface area (Å²) in [6.07, 6.45) is 1.01. The van der Waals surface area contributed by atoms with Crippen molar-refractivity contribution in [1.82, 2.24) is 4.98 Å². The third-order valence-electron chi connectivity index (χ3n) is 1.27. The van der Waals surface area contributed by atoms with Gasteiger partial charge in [-0.15, -0.1) is 0 Å². The van der Waals surface area contributed by atoms with E-state index in [0.717, 1.165) is 0 Å². The minimum absolute atomic E-state index is 0.246. The summed E-state index contributed by atoms with van der Waals surface area (Å²) in [5, 5.41) is 2.70. The first-order valence-electron chi connectivity index (χ1n) is 3.78. The second-order valence-electron chi connectivity index (χ2n) is 2.19. The zero-order valence-corrected chi connectivity index (χ0v) is 7.84. The Morgan fingerprint density at radius 1 is 1.77 bits per heavy atom. The third kappa shape index (κ3) is 2.91. The van der Waals surface area contributed by atoms with Crippen LogP contribution in [0.4, 0.5) is 10.5 Å². The molecule has 0 radical (unpaired) electrons. The summed E-state index contributed by atoms with van der Waals surface area (Å²) >= 11 is 5.69. The summed E-state index contributed by atoms with van der Waals surface area (Å²) in [5.74, 6) is 0. The van der Waals surface area contributed by atoms with E-state index in [2.05, 4.69) is 15.0 Å². The molecule has 0 atom stereocenters. The summed E-state index contributed by atoms with van der Waals surface area (Å²) in [6, 6.07) is 3.32. The highest BCUT2D eigenvalue weighted by Crippen LogP contribution is 2.17. The molecule has 1 rings (SSSR count). The van der Waals surface area contributed by atoms with Crippen LogP contribution in [0.5, 0.6) is 0 Å². The van der Waals surface area contributed by atoms with E-state index in [1.807, 2.05) is 0 Å². The minimum Gasteiger partial charge on any atom is -0.450 e. The lowest BCUT2D eigenvalue weighted by Crippen LogP contribution is -2.13. The second-order valence-corrected chi connectivity index (χ2v) is 2.55. The van der Waals surface area contributed by atoms with Gasteiger partial charge >= 0.3 is 6.09 Å². The van der Waals surface area contributed by atoms with Gasteiger partial charge in [0.25, 0.3) is 0 Å². The minimum atomic E-state index is -0.530. The Balaban J connectivity index is 2.63. The Kier molecular flexibility index (Phi) is 3.52. The third-order valence-corrected chi connectivity index (χ3v) is 1.57. The average molecular weight is 201 g/mol. The first-order chi connectivity index (χ1) is 6.24. The largest absolute Gasteiger partial charge is 0.450 e. The smallest absolute Gasteiger partial charge is 0.411 e. The van der Waals surface area contributed by atoms with Gasteiger partial charge in [0.1, 0.15) is 0 Å². The van der Waals surface area contributed by atoms with Crippen LogP contribution in [0.3, 0.4) is 0 Å². The number of carbonyl (C=O) groups excluding carboxylic acids is 1. The maximum absolute atomic E-state index is 10.9. The molecule has 13 heavy (non-hydrogen) atoms. The van der Waals surface area contributed by atoms with E-state index in [9.17, 15) is 4.79 Å². The number of ether oxygens (including phenoxy) is 1. The van der Waals surface area contributed by atoms with Gasteiger partial charge in [0.15, 0.2) is 5.15 Å². The standard InChI is InChI=1S/C8H9ClN2O2/c1-2-13-8(12)11-6-4-3-5-10-7(6)9/h3-5H,2H2,1H3,(H,11,12). The van der Waals surface area contributed by atoms with E-state index < -0.39 is 6.09 Å². The number of nitrogens with zero attached hydrogens (tertiary/aromatic N) is 1. The normalized spacial score (nSPS) is 9.38. The van der Waals surface area contributed by atoms with Crippen LogP contribution in [0.25, 0.3) is 0 Å². The highest BCUT2D eigenvalue weighted by Gasteiger charge is 2.04. The fourth-order valence-corrected chi connectivity index (χ4v) is 0.923. The number of hydrogen-bond acceptors (Lipinski definition) is 3. The number of halogens is 1.